The summed E-state index contributed by atoms with van der Waals surface area (Å²) in [5.74, 6) is -0.221. The Morgan fingerprint density at radius 3 is 2.74 bits per heavy atom. The predicted molar refractivity (Wildman–Crippen MR) is 80.2 cm³/mol. The number of nitrogens with two attached hydrogens (primary N) is 1. The van der Waals surface area contributed by atoms with Crippen LogP contribution in [0.3, 0.4) is 0 Å². The van der Waals surface area contributed by atoms with Gasteiger partial charge in [-0.3, -0.25) is 9.78 Å². The van der Waals surface area contributed by atoms with E-state index in [2.05, 4.69) is 26.2 Å². The Labute approximate surface area is 120 Å². The number of pyridine rings is 1. The lowest BCUT2D eigenvalue weighted by molar-refractivity contribution is 0.102. The lowest BCUT2D eigenvalue weighted by Crippen LogP contribution is -2.15. The molecular formula is C14H14BrN3O. The van der Waals surface area contributed by atoms with Crippen LogP contribution < -0.4 is 11.1 Å². The first-order valence-corrected chi connectivity index (χ1v) is 6.57. The monoisotopic (exact) mass is 319 g/mol. The molecule has 0 fully saturated rings. The van der Waals surface area contributed by atoms with Crippen molar-refractivity contribution in [2.45, 2.75) is 13.8 Å². The third-order valence-electron chi connectivity index (χ3n) is 2.76. The van der Waals surface area contributed by atoms with Crippen LogP contribution in [-0.4, -0.2) is 10.9 Å². The van der Waals surface area contributed by atoms with Gasteiger partial charge in [0.2, 0.25) is 0 Å². The van der Waals surface area contributed by atoms with Crippen LogP contribution in [0.25, 0.3) is 0 Å². The molecule has 19 heavy (non-hydrogen) atoms. The minimum Gasteiger partial charge on any atom is -0.397 e. The fourth-order valence-corrected chi connectivity index (χ4v) is 2.50. The van der Waals surface area contributed by atoms with Crippen molar-refractivity contribution in [3.8, 4) is 0 Å². The van der Waals surface area contributed by atoms with E-state index in [9.17, 15) is 4.79 Å². The number of nitrogens with one attached hydrogen (secondary N) is 1. The van der Waals surface area contributed by atoms with Crippen LogP contribution >= 0.6 is 15.9 Å². The molecule has 98 valence electrons. The van der Waals surface area contributed by atoms with Crippen molar-refractivity contribution < 1.29 is 4.79 Å². The number of rotatable bonds is 2. The van der Waals surface area contributed by atoms with Crippen molar-refractivity contribution in [1.82, 2.24) is 4.98 Å². The van der Waals surface area contributed by atoms with Crippen LogP contribution in [0.4, 0.5) is 11.4 Å². The van der Waals surface area contributed by atoms with Crippen molar-refractivity contribution in [2.75, 3.05) is 11.1 Å². The van der Waals surface area contributed by atoms with Gasteiger partial charge in [0.15, 0.2) is 0 Å². The zero-order valence-corrected chi connectivity index (χ0v) is 12.3. The summed E-state index contributed by atoms with van der Waals surface area (Å²) < 4.78 is 0.764. The molecule has 3 N–H and O–H groups in total. The Bertz CT molecular complexity index is 617. The van der Waals surface area contributed by atoms with Gasteiger partial charge in [0.05, 0.1) is 16.9 Å². The molecular weight excluding hydrogens is 306 g/mol. The predicted octanol–water partition coefficient (Wildman–Crippen LogP) is 3.30. The lowest BCUT2D eigenvalue weighted by atomic mass is 10.1. The molecule has 0 saturated heterocycles. The number of benzene rings is 1. The average Bonchev–Trinajstić information content (AvgIpc) is 2.34. The quantitative estimate of drug-likeness (QED) is 0.834. The van der Waals surface area contributed by atoms with Gasteiger partial charge in [0.25, 0.3) is 5.91 Å². The summed E-state index contributed by atoms with van der Waals surface area (Å²) in [6, 6.07) is 7.18. The largest absolute Gasteiger partial charge is 0.397 e. The van der Waals surface area contributed by atoms with Crippen LogP contribution in [0, 0.1) is 13.8 Å². The molecule has 0 aliphatic rings. The van der Waals surface area contributed by atoms with Gasteiger partial charge in [0, 0.05) is 16.4 Å². The molecule has 0 spiro atoms. The topological polar surface area (TPSA) is 68.0 Å². The number of anilines is 2. The number of amides is 1. The van der Waals surface area contributed by atoms with E-state index in [-0.39, 0.29) is 5.91 Å². The molecule has 2 rings (SSSR count). The Balaban J connectivity index is 2.32. The molecule has 1 amide bonds. The summed E-state index contributed by atoms with van der Waals surface area (Å²) in [6.07, 6.45) is 1.66. The second-order valence-electron chi connectivity index (χ2n) is 4.30. The maximum atomic E-state index is 12.2. The molecule has 1 aromatic heterocycles. The van der Waals surface area contributed by atoms with Gasteiger partial charge in [-0.05, 0) is 59.6 Å². The van der Waals surface area contributed by atoms with Gasteiger partial charge in [-0.25, -0.2) is 0 Å². The molecule has 0 saturated carbocycles. The van der Waals surface area contributed by atoms with E-state index in [0.29, 0.717) is 22.6 Å². The third-order valence-corrected chi connectivity index (χ3v) is 3.38. The second kappa shape index (κ2) is 5.40. The second-order valence-corrected chi connectivity index (χ2v) is 5.16. The summed E-state index contributed by atoms with van der Waals surface area (Å²) in [4.78, 5) is 16.3. The van der Waals surface area contributed by atoms with E-state index in [1.165, 1.54) is 0 Å². The highest BCUT2D eigenvalue weighted by Crippen LogP contribution is 2.30. The first kappa shape index (κ1) is 13.5. The number of carbonyl (C=O) groups is 1. The fraction of sp³-hybridized carbons (Fsp3) is 0.143. The molecule has 0 aliphatic carbocycles. The smallest absolute Gasteiger partial charge is 0.257 e. The SMILES string of the molecule is Cc1cc(N)c(NC(=O)c2cccnc2C)c(Br)c1. The van der Waals surface area contributed by atoms with E-state index in [4.69, 9.17) is 5.73 Å². The van der Waals surface area contributed by atoms with Crippen molar-refractivity contribution in [1.29, 1.82) is 0 Å². The van der Waals surface area contributed by atoms with Crippen molar-refractivity contribution in [3.05, 3.63) is 51.8 Å². The van der Waals surface area contributed by atoms with Crippen molar-refractivity contribution >= 4 is 33.2 Å². The highest BCUT2D eigenvalue weighted by Gasteiger charge is 2.13. The number of aryl methyl sites for hydroxylation is 2. The van der Waals surface area contributed by atoms with Gasteiger partial charge >= 0.3 is 0 Å². The highest BCUT2D eigenvalue weighted by atomic mass is 79.9. The summed E-state index contributed by atoms with van der Waals surface area (Å²) in [7, 11) is 0. The molecule has 0 radical (unpaired) electrons. The van der Waals surface area contributed by atoms with Gasteiger partial charge < -0.3 is 11.1 Å². The van der Waals surface area contributed by atoms with E-state index in [0.717, 1.165) is 10.0 Å². The van der Waals surface area contributed by atoms with E-state index >= 15 is 0 Å². The molecule has 5 heteroatoms. The number of nitrogen functional groups attached to an aromatic ring is 1. The fourth-order valence-electron chi connectivity index (χ4n) is 1.81. The molecule has 0 aliphatic heterocycles. The van der Waals surface area contributed by atoms with E-state index in [1.807, 2.05) is 19.1 Å². The van der Waals surface area contributed by atoms with Crippen LogP contribution in [0.1, 0.15) is 21.6 Å². The number of aromatic nitrogens is 1. The first-order chi connectivity index (χ1) is 8.99. The molecule has 0 bridgehead atoms. The zero-order chi connectivity index (χ0) is 14.0. The molecule has 0 unspecified atom stereocenters. The molecule has 4 nitrogen and oxygen atoms in total. The Morgan fingerprint density at radius 1 is 1.37 bits per heavy atom. The minimum atomic E-state index is -0.221. The molecule has 1 aromatic carbocycles. The van der Waals surface area contributed by atoms with E-state index < -0.39 is 0 Å². The normalized spacial score (nSPS) is 10.3. The van der Waals surface area contributed by atoms with Crippen LogP contribution in [0.5, 0.6) is 0 Å². The van der Waals surface area contributed by atoms with Crippen LogP contribution in [-0.2, 0) is 0 Å². The first-order valence-electron chi connectivity index (χ1n) is 5.77. The van der Waals surface area contributed by atoms with Crippen molar-refractivity contribution in [2.24, 2.45) is 0 Å². The van der Waals surface area contributed by atoms with Crippen LogP contribution in [0.2, 0.25) is 0 Å². The third kappa shape index (κ3) is 2.93. The maximum absolute atomic E-state index is 12.2. The molecule has 1 heterocycles. The van der Waals surface area contributed by atoms with Crippen molar-refractivity contribution in [3.63, 3.8) is 0 Å². The molecule has 2 aromatic rings. The number of halogens is 1. The summed E-state index contributed by atoms with van der Waals surface area (Å²) in [5.41, 5.74) is 9.28. The standard InChI is InChI=1S/C14H14BrN3O/c1-8-6-11(15)13(12(16)7-8)18-14(19)10-4-3-5-17-9(10)2/h3-7H,16H2,1-2H3,(H,18,19). The summed E-state index contributed by atoms with van der Waals surface area (Å²) in [6.45, 7) is 3.74. The number of hydrogen-bond acceptors (Lipinski definition) is 3. The minimum absolute atomic E-state index is 0.221. The molecule has 0 atom stereocenters. The number of hydrogen-bond donors (Lipinski definition) is 2. The maximum Gasteiger partial charge on any atom is 0.257 e. The summed E-state index contributed by atoms with van der Waals surface area (Å²) >= 11 is 3.41. The Morgan fingerprint density at radius 2 is 2.11 bits per heavy atom. The lowest BCUT2D eigenvalue weighted by Gasteiger charge is -2.12. The van der Waals surface area contributed by atoms with E-state index in [1.54, 1.807) is 25.3 Å². The Kier molecular flexibility index (Phi) is 3.85. The number of carbonyl (C=O) groups excluding carboxylic acids is 1. The summed E-state index contributed by atoms with van der Waals surface area (Å²) in [5, 5.41) is 2.81. The van der Waals surface area contributed by atoms with Gasteiger partial charge in [-0.1, -0.05) is 0 Å². The van der Waals surface area contributed by atoms with Gasteiger partial charge in [-0.15, -0.1) is 0 Å². The average molecular weight is 320 g/mol. The number of nitrogens with zero attached hydrogens (tertiary/aromatic N) is 1. The highest BCUT2D eigenvalue weighted by molar-refractivity contribution is 9.10. The zero-order valence-electron chi connectivity index (χ0n) is 10.7. The van der Waals surface area contributed by atoms with Gasteiger partial charge in [-0.2, -0.15) is 0 Å². The van der Waals surface area contributed by atoms with Crippen LogP contribution in [0.15, 0.2) is 34.9 Å². The van der Waals surface area contributed by atoms with Gasteiger partial charge in [0.1, 0.15) is 0 Å². The Hall–Kier alpha value is -1.88.